The summed E-state index contributed by atoms with van der Waals surface area (Å²) in [6, 6.07) is 7.35. The molecule has 1 aromatic rings. The van der Waals surface area contributed by atoms with Crippen LogP contribution < -0.4 is 10.6 Å². The number of hydrogen-bond donors (Lipinski definition) is 2. The molecule has 4 saturated carbocycles. The first-order valence-electron chi connectivity index (χ1n) is 9.06. The molecule has 0 heterocycles. The maximum absolute atomic E-state index is 12.1. The van der Waals surface area contributed by atoms with Crippen LogP contribution in [0.4, 0.5) is 0 Å². The molecule has 25 heavy (non-hydrogen) atoms. The van der Waals surface area contributed by atoms with E-state index in [1.54, 1.807) is 18.2 Å². The predicted octanol–water partition coefficient (Wildman–Crippen LogP) is 4.31. The van der Waals surface area contributed by atoms with E-state index >= 15 is 0 Å². The summed E-state index contributed by atoms with van der Waals surface area (Å²) in [7, 11) is 0. The van der Waals surface area contributed by atoms with Gasteiger partial charge >= 0.3 is 0 Å². The SMILES string of the molecule is O=C(C=Cc1ccc(Cl)cc1)NC(=S)NC12CC3CC(CC(C3)C1)C2. The summed E-state index contributed by atoms with van der Waals surface area (Å²) in [5.74, 6) is 2.35. The molecular weight excluding hydrogens is 352 g/mol. The van der Waals surface area contributed by atoms with Gasteiger partial charge in [0.1, 0.15) is 0 Å². The van der Waals surface area contributed by atoms with Gasteiger partial charge in [0.15, 0.2) is 5.11 Å². The van der Waals surface area contributed by atoms with Gasteiger partial charge in [-0.1, -0.05) is 23.7 Å². The van der Waals surface area contributed by atoms with Crippen LogP contribution in [0.3, 0.4) is 0 Å². The fourth-order valence-corrected chi connectivity index (χ4v) is 5.88. The number of thiocarbonyl (C=S) groups is 1. The second-order valence-corrected chi connectivity index (χ2v) is 8.87. The van der Waals surface area contributed by atoms with Crippen LogP contribution in [0, 0.1) is 17.8 Å². The fourth-order valence-electron chi connectivity index (χ4n) is 5.44. The Morgan fingerprint density at radius 1 is 1.08 bits per heavy atom. The van der Waals surface area contributed by atoms with Crippen LogP contribution in [-0.2, 0) is 4.79 Å². The molecule has 0 atom stereocenters. The Labute approximate surface area is 159 Å². The van der Waals surface area contributed by atoms with Crippen molar-refractivity contribution in [2.45, 2.75) is 44.1 Å². The summed E-state index contributed by atoms with van der Waals surface area (Å²) < 4.78 is 0. The van der Waals surface area contributed by atoms with Crippen LogP contribution >= 0.6 is 23.8 Å². The number of nitrogens with one attached hydrogen (secondary N) is 2. The highest BCUT2D eigenvalue weighted by molar-refractivity contribution is 7.80. The number of rotatable bonds is 3. The molecule has 4 fully saturated rings. The molecule has 0 aliphatic heterocycles. The van der Waals surface area contributed by atoms with Crippen LogP contribution in [0.2, 0.25) is 5.02 Å². The van der Waals surface area contributed by atoms with Gasteiger partial charge < -0.3 is 5.32 Å². The Morgan fingerprint density at radius 3 is 2.20 bits per heavy atom. The van der Waals surface area contributed by atoms with Crippen molar-refractivity contribution in [3.8, 4) is 0 Å². The highest BCUT2D eigenvalue weighted by Crippen LogP contribution is 2.55. The van der Waals surface area contributed by atoms with E-state index in [-0.39, 0.29) is 11.4 Å². The third-order valence-corrected chi connectivity index (χ3v) is 6.41. The number of benzene rings is 1. The monoisotopic (exact) mass is 374 g/mol. The van der Waals surface area contributed by atoms with Crippen molar-refractivity contribution in [1.82, 2.24) is 10.6 Å². The Morgan fingerprint density at radius 2 is 1.64 bits per heavy atom. The minimum absolute atomic E-state index is 0.124. The summed E-state index contributed by atoms with van der Waals surface area (Å²) in [6.45, 7) is 0. The number of carbonyl (C=O) groups is 1. The molecule has 5 heteroatoms. The fraction of sp³-hybridized carbons (Fsp3) is 0.500. The van der Waals surface area contributed by atoms with E-state index in [2.05, 4.69) is 10.6 Å². The van der Waals surface area contributed by atoms with E-state index in [1.807, 2.05) is 12.1 Å². The minimum Gasteiger partial charge on any atom is -0.357 e. The van der Waals surface area contributed by atoms with E-state index in [0.29, 0.717) is 10.1 Å². The number of carbonyl (C=O) groups excluding carboxylic acids is 1. The Kier molecular flexibility index (Phi) is 4.59. The van der Waals surface area contributed by atoms with Crippen molar-refractivity contribution in [2.75, 3.05) is 0 Å². The summed E-state index contributed by atoms with van der Waals surface area (Å²) >= 11 is 11.3. The van der Waals surface area contributed by atoms with Crippen LogP contribution in [-0.4, -0.2) is 16.6 Å². The Bertz CT molecular complexity index is 678. The minimum atomic E-state index is -0.197. The zero-order valence-electron chi connectivity index (χ0n) is 14.1. The molecular formula is C20H23ClN2OS. The lowest BCUT2D eigenvalue weighted by molar-refractivity contribution is -0.115. The van der Waals surface area contributed by atoms with Crippen molar-refractivity contribution < 1.29 is 4.79 Å². The molecule has 4 bridgehead atoms. The zero-order chi connectivity index (χ0) is 17.4. The van der Waals surface area contributed by atoms with Crippen molar-refractivity contribution in [1.29, 1.82) is 0 Å². The first-order chi connectivity index (χ1) is 12.0. The van der Waals surface area contributed by atoms with Crippen LogP contribution in [0.25, 0.3) is 6.08 Å². The van der Waals surface area contributed by atoms with Crippen LogP contribution in [0.15, 0.2) is 30.3 Å². The lowest BCUT2D eigenvalue weighted by Gasteiger charge is -2.57. The van der Waals surface area contributed by atoms with Crippen molar-refractivity contribution in [3.05, 3.63) is 40.9 Å². The zero-order valence-corrected chi connectivity index (χ0v) is 15.7. The molecule has 132 valence electrons. The molecule has 0 spiro atoms. The average Bonchev–Trinajstić information content (AvgIpc) is 2.52. The van der Waals surface area contributed by atoms with Crippen molar-refractivity contribution in [3.63, 3.8) is 0 Å². The molecule has 3 nitrogen and oxygen atoms in total. The third-order valence-electron chi connectivity index (χ3n) is 5.95. The van der Waals surface area contributed by atoms with Gasteiger partial charge in [-0.15, -0.1) is 0 Å². The van der Waals surface area contributed by atoms with Gasteiger partial charge in [0, 0.05) is 16.6 Å². The van der Waals surface area contributed by atoms with Gasteiger partial charge in [-0.05, 0) is 92.3 Å². The first-order valence-corrected chi connectivity index (χ1v) is 9.85. The average molecular weight is 375 g/mol. The van der Waals surface area contributed by atoms with Gasteiger partial charge in [-0.2, -0.15) is 0 Å². The Balaban J connectivity index is 1.33. The van der Waals surface area contributed by atoms with E-state index in [9.17, 15) is 4.79 Å². The second-order valence-electron chi connectivity index (χ2n) is 8.03. The lowest BCUT2D eigenvalue weighted by Crippen LogP contribution is -2.61. The molecule has 4 aliphatic rings. The van der Waals surface area contributed by atoms with Gasteiger partial charge in [0.2, 0.25) is 5.91 Å². The van der Waals surface area contributed by atoms with Crippen molar-refractivity contribution in [2.24, 2.45) is 17.8 Å². The quantitative estimate of drug-likeness (QED) is 0.611. The number of amides is 1. The number of hydrogen-bond acceptors (Lipinski definition) is 2. The van der Waals surface area contributed by atoms with Crippen LogP contribution in [0.1, 0.15) is 44.1 Å². The molecule has 0 saturated heterocycles. The summed E-state index contributed by atoms with van der Waals surface area (Å²) in [5, 5.41) is 7.46. The smallest absolute Gasteiger partial charge is 0.250 e. The summed E-state index contributed by atoms with van der Waals surface area (Å²) in [6.07, 6.45) is 11.1. The molecule has 0 radical (unpaired) electrons. The lowest BCUT2D eigenvalue weighted by atomic mass is 9.53. The highest BCUT2D eigenvalue weighted by atomic mass is 35.5. The molecule has 5 rings (SSSR count). The second kappa shape index (κ2) is 6.73. The topological polar surface area (TPSA) is 41.1 Å². The van der Waals surface area contributed by atoms with Gasteiger partial charge in [-0.25, -0.2) is 0 Å². The molecule has 1 aromatic carbocycles. The number of halogens is 1. The van der Waals surface area contributed by atoms with E-state index in [0.717, 1.165) is 23.3 Å². The van der Waals surface area contributed by atoms with E-state index in [1.165, 1.54) is 44.6 Å². The highest BCUT2D eigenvalue weighted by Gasteiger charge is 2.51. The largest absolute Gasteiger partial charge is 0.357 e. The summed E-state index contributed by atoms with van der Waals surface area (Å²) in [5.41, 5.74) is 1.05. The normalized spacial score (nSPS) is 32.8. The van der Waals surface area contributed by atoms with Crippen molar-refractivity contribution >= 4 is 40.9 Å². The van der Waals surface area contributed by atoms with E-state index < -0.39 is 0 Å². The molecule has 0 unspecified atom stereocenters. The third kappa shape index (κ3) is 3.90. The molecule has 2 N–H and O–H groups in total. The molecule has 4 aliphatic carbocycles. The maximum atomic E-state index is 12.1. The predicted molar refractivity (Wildman–Crippen MR) is 105 cm³/mol. The standard InChI is InChI=1S/C20H23ClN2OS/c21-17-4-1-13(2-5-17)3-6-18(24)22-19(25)23-20-10-14-7-15(11-20)9-16(8-14)12-20/h1-6,14-16H,7-12H2,(H2,22,23,24,25). The van der Waals surface area contributed by atoms with Gasteiger partial charge in [0.25, 0.3) is 0 Å². The first kappa shape index (κ1) is 17.0. The van der Waals surface area contributed by atoms with Crippen LogP contribution in [0.5, 0.6) is 0 Å². The van der Waals surface area contributed by atoms with E-state index in [4.69, 9.17) is 23.8 Å². The summed E-state index contributed by atoms with van der Waals surface area (Å²) in [4.78, 5) is 12.1. The molecule has 1 amide bonds. The van der Waals surface area contributed by atoms with Gasteiger partial charge in [0.05, 0.1) is 0 Å². The maximum Gasteiger partial charge on any atom is 0.250 e. The van der Waals surface area contributed by atoms with Gasteiger partial charge in [-0.3, -0.25) is 10.1 Å². The Hall–Kier alpha value is -1.39. The molecule has 0 aromatic heterocycles.